The third-order valence-electron chi connectivity index (χ3n) is 3.14. The first-order chi connectivity index (χ1) is 12.4. The third-order valence-corrected chi connectivity index (χ3v) is 3.62. The summed E-state index contributed by atoms with van der Waals surface area (Å²) in [5.74, 6) is -1.77. The van der Waals surface area contributed by atoms with Crippen LogP contribution < -0.4 is 15.6 Å². The Morgan fingerprint density at radius 1 is 0.962 bits per heavy atom. The minimum Gasteiger partial charge on any atom is -0.496 e. The number of methoxy groups -OCH3 is 1. The van der Waals surface area contributed by atoms with Gasteiger partial charge in [0.1, 0.15) is 5.75 Å². The van der Waals surface area contributed by atoms with E-state index in [0.29, 0.717) is 10.0 Å². The highest BCUT2D eigenvalue weighted by molar-refractivity contribution is 6.31. The molecule has 0 radical (unpaired) electrons. The lowest BCUT2D eigenvalue weighted by Crippen LogP contribution is -2.43. The van der Waals surface area contributed by atoms with Gasteiger partial charge in [0.25, 0.3) is 11.8 Å². The number of amides is 2. The molecular weight excluding hydrogens is 383 g/mol. The van der Waals surface area contributed by atoms with Gasteiger partial charge in [-0.3, -0.25) is 20.4 Å². The number of hydrazine groups is 1. The Hall–Kier alpha value is -2.77. The maximum atomic E-state index is 12.1. The van der Waals surface area contributed by atoms with Crippen molar-refractivity contribution in [3.63, 3.8) is 0 Å². The van der Waals surface area contributed by atoms with Crippen molar-refractivity contribution in [1.29, 1.82) is 0 Å². The number of carbonyl (C=O) groups excluding carboxylic acids is 3. The van der Waals surface area contributed by atoms with Crippen molar-refractivity contribution in [3.8, 4) is 5.75 Å². The zero-order valence-electron chi connectivity index (χ0n) is 13.5. The number of hydrogen-bond acceptors (Lipinski definition) is 5. The molecule has 0 unspecified atom stereocenters. The van der Waals surface area contributed by atoms with Crippen LogP contribution in [0.25, 0.3) is 0 Å². The number of ether oxygens (including phenoxy) is 2. The van der Waals surface area contributed by atoms with Gasteiger partial charge in [0, 0.05) is 10.0 Å². The van der Waals surface area contributed by atoms with E-state index in [9.17, 15) is 14.4 Å². The second kappa shape index (κ2) is 9.07. The minimum atomic E-state index is -0.721. The molecule has 2 aromatic carbocycles. The van der Waals surface area contributed by atoms with Crippen LogP contribution >= 0.6 is 23.2 Å². The summed E-state index contributed by atoms with van der Waals surface area (Å²) in [7, 11) is 1.40. The molecule has 0 heterocycles. The molecule has 2 N–H and O–H groups in total. The van der Waals surface area contributed by atoms with Crippen LogP contribution in [0.3, 0.4) is 0 Å². The highest BCUT2D eigenvalue weighted by Gasteiger charge is 2.15. The summed E-state index contributed by atoms with van der Waals surface area (Å²) in [6.07, 6.45) is 0. The molecule has 9 heteroatoms. The average molecular weight is 397 g/mol. The number of carbonyl (C=O) groups is 3. The summed E-state index contributed by atoms with van der Waals surface area (Å²) in [5, 5.41) is 0.803. The fourth-order valence-corrected chi connectivity index (χ4v) is 2.19. The molecule has 26 heavy (non-hydrogen) atoms. The molecule has 0 spiro atoms. The largest absolute Gasteiger partial charge is 0.496 e. The van der Waals surface area contributed by atoms with Crippen LogP contribution in [0.15, 0.2) is 42.5 Å². The molecular formula is C17H14Cl2N2O5. The van der Waals surface area contributed by atoms with E-state index in [2.05, 4.69) is 10.9 Å². The molecule has 0 fully saturated rings. The maximum absolute atomic E-state index is 12.1. The van der Waals surface area contributed by atoms with E-state index < -0.39 is 24.4 Å². The molecule has 2 rings (SSSR count). The van der Waals surface area contributed by atoms with Crippen LogP contribution in [0.1, 0.15) is 20.7 Å². The fourth-order valence-electron chi connectivity index (χ4n) is 1.89. The molecule has 2 aromatic rings. The number of rotatable bonds is 5. The number of hydrogen-bond donors (Lipinski definition) is 2. The van der Waals surface area contributed by atoms with Crippen molar-refractivity contribution in [2.75, 3.05) is 13.7 Å². The fraction of sp³-hybridized carbons (Fsp3) is 0.118. The third kappa shape index (κ3) is 5.37. The zero-order valence-corrected chi connectivity index (χ0v) is 15.1. The van der Waals surface area contributed by atoms with E-state index in [0.717, 1.165) is 0 Å². The van der Waals surface area contributed by atoms with Gasteiger partial charge in [-0.05, 0) is 42.5 Å². The molecule has 0 bridgehead atoms. The van der Waals surface area contributed by atoms with Crippen molar-refractivity contribution in [1.82, 2.24) is 10.9 Å². The average Bonchev–Trinajstić information content (AvgIpc) is 2.64. The van der Waals surface area contributed by atoms with Gasteiger partial charge in [-0.25, -0.2) is 4.79 Å². The van der Waals surface area contributed by atoms with Crippen LogP contribution in [0.5, 0.6) is 5.75 Å². The molecule has 136 valence electrons. The predicted octanol–water partition coefficient (Wildman–Crippen LogP) is 2.62. The van der Waals surface area contributed by atoms with E-state index in [4.69, 9.17) is 32.7 Å². The topological polar surface area (TPSA) is 93.7 Å². The predicted molar refractivity (Wildman–Crippen MR) is 95.3 cm³/mol. The Labute approximate surface area is 159 Å². The molecule has 0 aromatic heterocycles. The summed E-state index contributed by atoms with van der Waals surface area (Å²) >= 11 is 11.6. The molecule has 0 aliphatic carbocycles. The Kier molecular flexibility index (Phi) is 6.82. The first kappa shape index (κ1) is 19.6. The van der Waals surface area contributed by atoms with Gasteiger partial charge in [-0.15, -0.1) is 0 Å². The number of nitrogens with one attached hydrogen (secondary N) is 2. The smallest absolute Gasteiger partial charge is 0.338 e. The van der Waals surface area contributed by atoms with Crippen molar-refractivity contribution >= 4 is 41.0 Å². The Balaban J connectivity index is 1.85. The molecule has 2 amide bonds. The SMILES string of the molecule is COc1ccc(Cl)cc1C(=O)NNC(=O)COC(=O)c1ccc(Cl)cc1. The van der Waals surface area contributed by atoms with E-state index in [-0.39, 0.29) is 16.9 Å². The lowest BCUT2D eigenvalue weighted by Gasteiger charge is -2.11. The van der Waals surface area contributed by atoms with Gasteiger partial charge < -0.3 is 9.47 Å². The van der Waals surface area contributed by atoms with E-state index in [1.807, 2.05) is 0 Å². The first-order valence-electron chi connectivity index (χ1n) is 7.26. The van der Waals surface area contributed by atoms with E-state index >= 15 is 0 Å². The second-order valence-corrected chi connectivity index (χ2v) is 5.80. The molecule has 0 aliphatic heterocycles. The van der Waals surface area contributed by atoms with Gasteiger partial charge in [0.05, 0.1) is 18.2 Å². The highest BCUT2D eigenvalue weighted by Crippen LogP contribution is 2.22. The molecule has 0 saturated carbocycles. The van der Waals surface area contributed by atoms with Crippen LogP contribution in [-0.2, 0) is 9.53 Å². The van der Waals surface area contributed by atoms with E-state index in [1.54, 1.807) is 6.07 Å². The normalized spacial score (nSPS) is 9.96. The molecule has 7 nitrogen and oxygen atoms in total. The van der Waals surface area contributed by atoms with Crippen LogP contribution in [-0.4, -0.2) is 31.5 Å². The number of halogens is 2. The molecule has 0 atom stereocenters. The van der Waals surface area contributed by atoms with Crippen molar-refractivity contribution in [2.45, 2.75) is 0 Å². The Morgan fingerprint density at radius 2 is 1.62 bits per heavy atom. The Morgan fingerprint density at radius 3 is 2.27 bits per heavy atom. The summed E-state index contributed by atoms with van der Waals surface area (Å²) in [6.45, 7) is -0.575. The number of esters is 1. The van der Waals surface area contributed by atoms with E-state index in [1.165, 1.54) is 43.5 Å². The standard InChI is InChI=1S/C17H14Cl2N2O5/c1-25-14-7-6-12(19)8-13(14)16(23)21-20-15(22)9-26-17(24)10-2-4-11(18)5-3-10/h2-8H,9H2,1H3,(H,20,22)(H,21,23). The number of benzene rings is 2. The summed E-state index contributed by atoms with van der Waals surface area (Å²) in [5.41, 5.74) is 4.70. The summed E-state index contributed by atoms with van der Waals surface area (Å²) < 4.78 is 9.89. The zero-order chi connectivity index (χ0) is 19.1. The van der Waals surface area contributed by atoms with Crippen LogP contribution in [0.2, 0.25) is 10.0 Å². The van der Waals surface area contributed by atoms with Crippen LogP contribution in [0.4, 0.5) is 0 Å². The van der Waals surface area contributed by atoms with Crippen molar-refractivity contribution < 1.29 is 23.9 Å². The van der Waals surface area contributed by atoms with Crippen molar-refractivity contribution in [2.24, 2.45) is 0 Å². The molecule has 0 aliphatic rings. The van der Waals surface area contributed by atoms with Gasteiger partial charge in [0.15, 0.2) is 6.61 Å². The summed E-state index contributed by atoms with van der Waals surface area (Å²) in [6, 6.07) is 10.5. The lowest BCUT2D eigenvalue weighted by atomic mass is 10.2. The monoisotopic (exact) mass is 396 g/mol. The quantitative estimate of drug-likeness (QED) is 0.598. The van der Waals surface area contributed by atoms with Gasteiger partial charge >= 0.3 is 5.97 Å². The lowest BCUT2D eigenvalue weighted by molar-refractivity contribution is -0.125. The maximum Gasteiger partial charge on any atom is 0.338 e. The first-order valence-corrected chi connectivity index (χ1v) is 8.01. The summed E-state index contributed by atoms with van der Waals surface area (Å²) in [4.78, 5) is 35.6. The highest BCUT2D eigenvalue weighted by atomic mass is 35.5. The molecule has 0 saturated heterocycles. The van der Waals surface area contributed by atoms with Gasteiger partial charge in [-0.2, -0.15) is 0 Å². The second-order valence-electron chi connectivity index (χ2n) is 4.93. The Bertz CT molecular complexity index is 824. The minimum absolute atomic E-state index is 0.137. The van der Waals surface area contributed by atoms with Gasteiger partial charge in [-0.1, -0.05) is 23.2 Å². The van der Waals surface area contributed by atoms with Crippen LogP contribution in [0, 0.1) is 0 Å². The van der Waals surface area contributed by atoms with Gasteiger partial charge in [0.2, 0.25) is 0 Å². The van der Waals surface area contributed by atoms with Crippen molar-refractivity contribution in [3.05, 3.63) is 63.6 Å².